The summed E-state index contributed by atoms with van der Waals surface area (Å²) in [6.45, 7) is 6.28. The summed E-state index contributed by atoms with van der Waals surface area (Å²) in [6.07, 6.45) is 91.3. The van der Waals surface area contributed by atoms with Crippen LogP contribution in [-0.2, 0) is 28.6 Å². The van der Waals surface area contributed by atoms with Gasteiger partial charge in [0.15, 0.2) is 6.10 Å². The highest BCUT2D eigenvalue weighted by molar-refractivity contribution is 5.71. The van der Waals surface area contributed by atoms with Crippen LogP contribution >= 0.6 is 0 Å². The molecular formula is C71H114O6. The predicted molar refractivity (Wildman–Crippen MR) is 334 cm³/mol. The van der Waals surface area contributed by atoms with Crippen molar-refractivity contribution in [2.75, 3.05) is 13.2 Å². The second kappa shape index (κ2) is 63.8. The standard InChI is InChI=1S/C71H114O6/c1-4-7-10-13-16-19-22-25-28-30-31-32-33-34-35-36-37-38-39-41-43-46-49-52-55-58-61-64-70(73)76-67-68(66-75-69(72)63-60-57-54-51-48-45-42-27-24-21-18-15-12-9-6-3)77-71(74)65-62-59-56-53-50-47-44-40-29-26-23-20-17-14-11-8-5-2/h7-12,16-21,25-29,31-32,34-35,37-38,42,68H,4-6,13-15,22-24,30,33,36,39-41,43-67H2,1-3H3/b10-7-,11-8-,12-9-,19-16-,20-17-,21-18-,28-25-,29-26-,32-31-,35-34-,38-37-,42-27-. The third-order valence-corrected chi connectivity index (χ3v) is 12.8. The Labute approximate surface area is 474 Å². The molecule has 0 amide bonds. The van der Waals surface area contributed by atoms with Gasteiger partial charge in [-0.25, -0.2) is 0 Å². The molecule has 0 saturated carbocycles. The highest BCUT2D eigenvalue weighted by Gasteiger charge is 2.19. The van der Waals surface area contributed by atoms with Crippen molar-refractivity contribution in [1.29, 1.82) is 0 Å². The van der Waals surface area contributed by atoms with Crippen molar-refractivity contribution in [3.63, 3.8) is 0 Å². The van der Waals surface area contributed by atoms with E-state index in [2.05, 4.69) is 167 Å². The maximum absolute atomic E-state index is 12.9. The normalized spacial score (nSPS) is 13.1. The van der Waals surface area contributed by atoms with Crippen molar-refractivity contribution >= 4 is 17.9 Å². The fourth-order valence-electron chi connectivity index (χ4n) is 8.24. The van der Waals surface area contributed by atoms with Crippen LogP contribution < -0.4 is 0 Å². The largest absolute Gasteiger partial charge is 0.462 e. The van der Waals surface area contributed by atoms with Gasteiger partial charge < -0.3 is 14.2 Å². The molecule has 0 aromatic carbocycles. The van der Waals surface area contributed by atoms with Crippen molar-refractivity contribution < 1.29 is 28.6 Å². The van der Waals surface area contributed by atoms with Crippen LogP contribution in [-0.4, -0.2) is 37.2 Å². The zero-order valence-electron chi connectivity index (χ0n) is 49.7. The number of allylic oxidation sites excluding steroid dienone is 24. The average molecular weight is 1060 g/mol. The smallest absolute Gasteiger partial charge is 0.306 e. The lowest BCUT2D eigenvalue weighted by atomic mass is 10.1. The van der Waals surface area contributed by atoms with Gasteiger partial charge in [0.1, 0.15) is 13.2 Å². The number of ether oxygens (including phenoxy) is 3. The zero-order valence-corrected chi connectivity index (χ0v) is 49.7. The molecule has 0 aliphatic carbocycles. The molecule has 6 heteroatoms. The van der Waals surface area contributed by atoms with Crippen LogP contribution in [0.3, 0.4) is 0 Å². The minimum absolute atomic E-state index is 0.0972. The van der Waals surface area contributed by atoms with Gasteiger partial charge in [-0.05, 0) is 135 Å². The van der Waals surface area contributed by atoms with Gasteiger partial charge in [-0.1, -0.05) is 256 Å². The third-order valence-electron chi connectivity index (χ3n) is 12.8. The molecule has 0 rings (SSSR count). The number of carbonyl (C=O) groups is 3. The van der Waals surface area contributed by atoms with Crippen LogP contribution in [0, 0.1) is 0 Å². The van der Waals surface area contributed by atoms with Crippen LogP contribution in [0.15, 0.2) is 146 Å². The van der Waals surface area contributed by atoms with E-state index >= 15 is 0 Å². The van der Waals surface area contributed by atoms with Crippen LogP contribution in [0.2, 0.25) is 0 Å². The Bertz CT molecular complexity index is 1700. The number of rotatable bonds is 55. The van der Waals surface area contributed by atoms with Crippen LogP contribution in [0.5, 0.6) is 0 Å². The van der Waals surface area contributed by atoms with E-state index in [4.69, 9.17) is 14.2 Å². The highest BCUT2D eigenvalue weighted by atomic mass is 16.6. The fraction of sp³-hybridized carbons (Fsp3) is 0.620. The van der Waals surface area contributed by atoms with Crippen molar-refractivity contribution in [1.82, 2.24) is 0 Å². The molecule has 6 nitrogen and oxygen atoms in total. The molecule has 0 heterocycles. The molecule has 0 N–H and O–H groups in total. The van der Waals surface area contributed by atoms with Crippen molar-refractivity contribution in [3.05, 3.63) is 146 Å². The van der Waals surface area contributed by atoms with E-state index in [1.807, 2.05) is 0 Å². The molecule has 0 aromatic heterocycles. The van der Waals surface area contributed by atoms with Gasteiger partial charge in [-0.15, -0.1) is 0 Å². The summed E-state index contributed by atoms with van der Waals surface area (Å²) >= 11 is 0. The van der Waals surface area contributed by atoms with E-state index in [-0.39, 0.29) is 31.1 Å². The van der Waals surface area contributed by atoms with E-state index in [1.165, 1.54) is 57.8 Å². The van der Waals surface area contributed by atoms with Gasteiger partial charge in [0, 0.05) is 19.3 Å². The summed E-state index contributed by atoms with van der Waals surface area (Å²) in [5, 5.41) is 0. The van der Waals surface area contributed by atoms with Gasteiger partial charge in [-0.2, -0.15) is 0 Å². The Hall–Kier alpha value is -4.71. The van der Waals surface area contributed by atoms with E-state index in [0.29, 0.717) is 19.3 Å². The van der Waals surface area contributed by atoms with Crippen molar-refractivity contribution in [2.45, 2.75) is 271 Å². The Morgan fingerprint density at radius 2 is 0.468 bits per heavy atom. The van der Waals surface area contributed by atoms with Crippen molar-refractivity contribution in [3.8, 4) is 0 Å². The Balaban J connectivity index is 4.40. The van der Waals surface area contributed by atoms with E-state index in [0.717, 1.165) is 167 Å². The molecule has 0 saturated heterocycles. The molecule has 1 atom stereocenters. The van der Waals surface area contributed by atoms with E-state index in [1.54, 1.807) is 0 Å². The Kier molecular flexibility index (Phi) is 59.9. The molecule has 0 spiro atoms. The monoisotopic (exact) mass is 1060 g/mol. The molecular weight excluding hydrogens is 949 g/mol. The Morgan fingerprint density at radius 3 is 0.727 bits per heavy atom. The second-order valence-electron chi connectivity index (χ2n) is 20.2. The minimum Gasteiger partial charge on any atom is -0.462 e. The minimum atomic E-state index is -0.802. The summed E-state index contributed by atoms with van der Waals surface area (Å²) in [6, 6.07) is 0. The molecule has 1 unspecified atom stereocenters. The maximum atomic E-state index is 12.9. The van der Waals surface area contributed by atoms with Crippen LogP contribution in [0.25, 0.3) is 0 Å². The maximum Gasteiger partial charge on any atom is 0.306 e. The molecule has 0 aliphatic rings. The molecule has 77 heavy (non-hydrogen) atoms. The van der Waals surface area contributed by atoms with Crippen LogP contribution in [0.1, 0.15) is 265 Å². The summed E-state index contributed by atoms with van der Waals surface area (Å²) in [7, 11) is 0. The van der Waals surface area contributed by atoms with E-state index in [9.17, 15) is 14.4 Å². The zero-order chi connectivity index (χ0) is 55.7. The molecule has 0 radical (unpaired) electrons. The highest BCUT2D eigenvalue weighted by Crippen LogP contribution is 2.15. The Morgan fingerprint density at radius 1 is 0.260 bits per heavy atom. The lowest BCUT2D eigenvalue weighted by Gasteiger charge is -2.18. The number of hydrogen-bond donors (Lipinski definition) is 0. The second-order valence-corrected chi connectivity index (χ2v) is 20.2. The van der Waals surface area contributed by atoms with Gasteiger partial charge in [0.05, 0.1) is 0 Å². The number of hydrogen-bond acceptors (Lipinski definition) is 6. The first-order chi connectivity index (χ1) is 38.0. The van der Waals surface area contributed by atoms with Crippen LogP contribution in [0.4, 0.5) is 0 Å². The predicted octanol–water partition coefficient (Wildman–Crippen LogP) is 21.5. The first-order valence-electron chi connectivity index (χ1n) is 31.3. The summed E-state index contributed by atoms with van der Waals surface area (Å²) in [4.78, 5) is 38.3. The first-order valence-corrected chi connectivity index (χ1v) is 31.3. The number of carbonyl (C=O) groups excluding carboxylic acids is 3. The number of esters is 3. The summed E-state index contributed by atoms with van der Waals surface area (Å²) in [5.74, 6) is -0.933. The molecule has 0 bridgehead atoms. The average Bonchev–Trinajstić information content (AvgIpc) is 3.43. The summed E-state index contributed by atoms with van der Waals surface area (Å²) < 4.78 is 16.9. The quantitative estimate of drug-likeness (QED) is 0.0261. The molecule has 434 valence electrons. The number of unbranched alkanes of at least 4 members (excludes halogenated alkanes) is 20. The lowest BCUT2D eigenvalue weighted by Crippen LogP contribution is -2.30. The summed E-state index contributed by atoms with van der Waals surface area (Å²) in [5.41, 5.74) is 0. The van der Waals surface area contributed by atoms with E-state index < -0.39 is 6.10 Å². The molecule has 0 aromatic rings. The lowest BCUT2D eigenvalue weighted by molar-refractivity contribution is -0.167. The fourth-order valence-corrected chi connectivity index (χ4v) is 8.24. The van der Waals surface area contributed by atoms with Gasteiger partial charge in [-0.3, -0.25) is 14.4 Å². The van der Waals surface area contributed by atoms with Gasteiger partial charge in [0.2, 0.25) is 0 Å². The topological polar surface area (TPSA) is 78.9 Å². The third kappa shape index (κ3) is 62.0. The van der Waals surface area contributed by atoms with Crippen molar-refractivity contribution in [2.24, 2.45) is 0 Å². The SMILES string of the molecule is CC/C=C\C/C=C\C/C=C\C/C=C\C/C=C\C/C=C\CCCCCCCCCCC(=O)OCC(COC(=O)CCCCCCC/C=C\C/C=C\C/C=C\CC)OC(=O)CCCCCCCCC/C=C\C/C=C\C/C=C\CC. The molecule has 0 aliphatic heterocycles. The molecule has 0 fully saturated rings. The van der Waals surface area contributed by atoms with Gasteiger partial charge >= 0.3 is 17.9 Å². The van der Waals surface area contributed by atoms with Gasteiger partial charge in [0.25, 0.3) is 0 Å². The first kappa shape index (κ1) is 72.3.